The summed E-state index contributed by atoms with van der Waals surface area (Å²) in [6, 6.07) is 7.53. The Labute approximate surface area is 131 Å². The van der Waals surface area contributed by atoms with Crippen molar-refractivity contribution in [2.24, 2.45) is 0 Å². The van der Waals surface area contributed by atoms with E-state index in [0.717, 1.165) is 26.0 Å². The molecule has 3 atom stereocenters. The molecule has 1 heterocycles. The van der Waals surface area contributed by atoms with Crippen LogP contribution >= 0.6 is 11.6 Å². The molecule has 1 saturated heterocycles. The van der Waals surface area contributed by atoms with Crippen LogP contribution in [0, 0.1) is 0 Å². The fourth-order valence-electron chi connectivity index (χ4n) is 3.64. The molecule has 1 aromatic carbocycles. The van der Waals surface area contributed by atoms with Crippen LogP contribution in [-0.2, 0) is 4.74 Å². The predicted octanol–water partition coefficient (Wildman–Crippen LogP) is 3.55. The molecule has 114 valence electrons. The Morgan fingerprint density at radius 3 is 3.00 bits per heavy atom. The number of halogens is 1. The zero-order valence-corrected chi connectivity index (χ0v) is 13.2. The van der Waals surface area contributed by atoms with Crippen LogP contribution in [0.5, 0.6) is 0 Å². The van der Waals surface area contributed by atoms with E-state index >= 15 is 0 Å². The topological polar surface area (TPSA) is 29.5 Å². The molecule has 0 aromatic heterocycles. The van der Waals surface area contributed by atoms with Gasteiger partial charge in [0.2, 0.25) is 0 Å². The number of carbonyl (C=O) groups excluding carboxylic acids is 1. The first-order valence-corrected chi connectivity index (χ1v) is 8.22. The third kappa shape index (κ3) is 3.15. The highest BCUT2D eigenvalue weighted by molar-refractivity contribution is 6.31. The zero-order chi connectivity index (χ0) is 14.8. The van der Waals surface area contributed by atoms with Gasteiger partial charge in [-0.2, -0.15) is 0 Å². The fourth-order valence-corrected chi connectivity index (χ4v) is 3.83. The van der Waals surface area contributed by atoms with Crippen LogP contribution in [0.25, 0.3) is 0 Å². The Morgan fingerprint density at radius 2 is 2.19 bits per heavy atom. The largest absolute Gasteiger partial charge is 0.375 e. The minimum absolute atomic E-state index is 0.113. The van der Waals surface area contributed by atoms with E-state index in [9.17, 15) is 4.79 Å². The molecule has 0 radical (unpaired) electrons. The van der Waals surface area contributed by atoms with Gasteiger partial charge in [0.25, 0.3) is 0 Å². The van der Waals surface area contributed by atoms with Gasteiger partial charge in [-0.3, -0.25) is 9.69 Å². The predicted molar refractivity (Wildman–Crippen MR) is 83.9 cm³/mol. The van der Waals surface area contributed by atoms with Crippen LogP contribution in [-0.4, -0.2) is 42.0 Å². The summed E-state index contributed by atoms with van der Waals surface area (Å²) < 4.78 is 5.89. The number of ether oxygens (including phenoxy) is 1. The standard InChI is InChI=1S/C17H22ClNO2/c1-12(17(20)13-5-4-6-14(18)11-13)19-9-10-21-16-8-3-2-7-15(16)19/h4-6,11-12,15-16H,2-3,7-10H2,1H3. The maximum absolute atomic E-state index is 12.7. The van der Waals surface area contributed by atoms with E-state index in [2.05, 4.69) is 4.90 Å². The van der Waals surface area contributed by atoms with E-state index in [1.165, 1.54) is 12.8 Å². The van der Waals surface area contributed by atoms with Crippen LogP contribution < -0.4 is 0 Å². The van der Waals surface area contributed by atoms with Crippen LogP contribution in [0.2, 0.25) is 5.02 Å². The molecule has 0 amide bonds. The number of benzene rings is 1. The van der Waals surface area contributed by atoms with Crippen LogP contribution in [0.3, 0.4) is 0 Å². The van der Waals surface area contributed by atoms with Gasteiger partial charge in [0.15, 0.2) is 5.78 Å². The van der Waals surface area contributed by atoms with Crippen molar-refractivity contribution in [2.45, 2.75) is 50.8 Å². The van der Waals surface area contributed by atoms with E-state index in [-0.39, 0.29) is 11.8 Å². The lowest BCUT2D eigenvalue weighted by Crippen LogP contribution is -2.57. The molecule has 1 aromatic rings. The SMILES string of the molecule is CC(C(=O)c1cccc(Cl)c1)N1CCOC2CCCCC21. The van der Waals surface area contributed by atoms with Gasteiger partial charge >= 0.3 is 0 Å². The molecule has 21 heavy (non-hydrogen) atoms. The van der Waals surface area contributed by atoms with Gasteiger partial charge in [-0.1, -0.05) is 36.6 Å². The molecular weight excluding hydrogens is 286 g/mol. The van der Waals surface area contributed by atoms with Crippen molar-refractivity contribution in [1.82, 2.24) is 4.90 Å². The number of rotatable bonds is 3. The van der Waals surface area contributed by atoms with Crippen molar-refractivity contribution in [3.8, 4) is 0 Å². The number of hydrogen-bond acceptors (Lipinski definition) is 3. The lowest BCUT2D eigenvalue weighted by atomic mass is 9.88. The summed E-state index contributed by atoms with van der Waals surface area (Å²) in [5.41, 5.74) is 0.703. The van der Waals surface area contributed by atoms with Crippen LogP contribution in [0.1, 0.15) is 43.0 Å². The van der Waals surface area contributed by atoms with Gasteiger partial charge in [-0.05, 0) is 31.9 Å². The third-order valence-corrected chi connectivity index (χ3v) is 5.00. The number of morpholine rings is 1. The average Bonchev–Trinajstić information content (AvgIpc) is 2.53. The minimum atomic E-state index is -0.113. The second-order valence-electron chi connectivity index (χ2n) is 6.05. The smallest absolute Gasteiger partial charge is 0.179 e. The molecule has 2 aliphatic rings. The number of Topliss-reactive ketones (excluding diaryl/α,β-unsaturated/α-hetero) is 1. The Hall–Kier alpha value is -0.900. The number of fused-ring (bicyclic) bond motifs is 1. The molecular formula is C17H22ClNO2. The highest BCUT2D eigenvalue weighted by Gasteiger charge is 2.38. The monoisotopic (exact) mass is 307 g/mol. The summed E-state index contributed by atoms with van der Waals surface area (Å²) in [7, 11) is 0. The molecule has 0 bridgehead atoms. The molecule has 1 aliphatic carbocycles. The van der Waals surface area contributed by atoms with Crippen molar-refractivity contribution < 1.29 is 9.53 Å². The van der Waals surface area contributed by atoms with E-state index in [1.807, 2.05) is 19.1 Å². The molecule has 1 aliphatic heterocycles. The fraction of sp³-hybridized carbons (Fsp3) is 0.588. The van der Waals surface area contributed by atoms with E-state index < -0.39 is 0 Å². The quantitative estimate of drug-likeness (QED) is 0.800. The maximum Gasteiger partial charge on any atom is 0.179 e. The van der Waals surface area contributed by atoms with Gasteiger partial charge in [0.05, 0.1) is 18.8 Å². The summed E-state index contributed by atoms with van der Waals surface area (Å²) in [6.07, 6.45) is 5.05. The number of carbonyl (C=O) groups is 1. The number of ketones is 1. The van der Waals surface area contributed by atoms with Crippen LogP contribution in [0.4, 0.5) is 0 Å². The summed E-state index contributed by atoms with van der Waals surface area (Å²) in [5.74, 6) is 0.156. The Morgan fingerprint density at radius 1 is 1.38 bits per heavy atom. The first-order chi connectivity index (χ1) is 10.2. The van der Waals surface area contributed by atoms with E-state index in [0.29, 0.717) is 22.7 Å². The van der Waals surface area contributed by atoms with Crippen LogP contribution in [0.15, 0.2) is 24.3 Å². The molecule has 3 unspecified atom stereocenters. The molecule has 0 spiro atoms. The Bertz CT molecular complexity index is 517. The van der Waals surface area contributed by atoms with E-state index in [4.69, 9.17) is 16.3 Å². The van der Waals surface area contributed by atoms with Crippen molar-refractivity contribution in [3.05, 3.63) is 34.9 Å². The van der Waals surface area contributed by atoms with Gasteiger partial charge < -0.3 is 4.74 Å². The Balaban J connectivity index is 1.77. The van der Waals surface area contributed by atoms with Gasteiger partial charge in [0.1, 0.15) is 0 Å². The van der Waals surface area contributed by atoms with Gasteiger partial charge in [-0.25, -0.2) is 0 Å². The third-order valence-electron chi connectivity index (χ3n) is 4.76. The van der Waals surface area contributed by atoms with Gasteiger partial charge in [-0.15, -0.1) is 0 Å². The second-order valence-corrected chi connectivity index (χ2v) is 6.49. The molecule has 3 rings (SSSR count). The summed E-state index contributed by atoms with van der Waals surface area (Å²) in [4.78, 5) is 15.1. The Kier molecular flexibility index (Phi) is 4.63. The lowest BCUT2D eigenvalue weighted by molar-refractivity contribution is -0.0953. The molecule has 2 fully saturated rings. The van der Waals surface area contributed by atoms with Crippen molar-refractivity contribution >= 4 is 17.4 Å². The zero-order valence-electron chi connectivity index (χ0n) is 12.4. The second kappa shape index (κ2) is 6.47. The molecule has 3 nitrogen and oxygen atoms in total. The minimum Gasteiger partial charge on any atom is -0.375 e. The van der Waals surface area contributed by atoms with E-state index in [1.54, 1.807) is 12.1 Å². The summed E-state index contributed by atoms with van der Waals surface area (Å²) in [6.45, 7) is 3.59. The van der Waals surface area contributed by atoms with Gasteiger partial charge in [0, 0.05) is 23.2 Å². The number of nitrogens with zero attached hydrogens (tertiary/aromatic N) is 1. The van der Waals surface area contributed by atoms with Crippen molar-refractivity contribution in [1.29, 1.82) is 0 Å². The number of hydrogen-bond donors (Lipinski definition) is 0. The average molecular weight is 308 g/mol. The normalized spacial score (nSPS) is 27.9. The highest BCUT2D eigenvalue weighted by Crippen LogP contribution is 2.30. The summed E-state index contributed by atoms with van der Waals surface area (Å²) in [5, 5.41) is 0.616. The van der Waals surface area contributed by atoms with Crippen molar-refractivity contribution in [3.63, 3.8) is 0 Å². The molecule has 4 heteroatoms. The highest BCUT2D eigenvalue weighted by atomic mass is 35.5. The lowest BCUT2D eigenvalue weighted by Gasteiger charge is -2.46. The summed E-state index contributed by atoms with van der Waals surface area (Å²) >= 11 is 6.00. The van der Waals surface area contributed by atoms with Crippen molar-refractivity contribution in [2.75, 3.05) is 13.2 Å². The molecule has 0 N–H and O–H groups in total. The maximum atomic E-state index is 12.7. The first-order valence-electron chi connectivity index (χ1n) is 7.84. The first kappa shape index (κ1) is 15.0. The molecule has 1 saturated carbocycles.